The Balaban J connectivity index is 1.12. The summed E-state index contributed by atoms with van der Waals surface area (Å²) in [5.41, 5.74) is 7.80. The van der Waals surface area contributed by atoms with Crippen LogP contribution in [-0.2, 0) is 27.9 Å². The molecule has 0 bridgehead atoms. The zero-order valence-electron chi connectivity index (χ0n) is 29.6. The summed E-state index contributed by atoms with van der Waals surface area (Å²) < 4.78 is 40.4. The second kappa shape index (κ2) is 16.2. The maximum Gasteiger partial charge on any atom is 0.266 e. The van der Waals surface area contributed by atoms with E-state index in [2.05, 4.69) is 31.1 Å². The lowest BCUT2D eigenvalue weighted by Crippen LogP contribution is -2.44. The molecule has 51 heavy (non-hydrogen) atoms. The fourth-order valence-electron chi connectivity index (χ4n) is 7.38. The Kier molecular flexibility index (Phi) is 11.6. The van der Waals surface area contributed by atoms with Crippen LogP contribution in [-0.4, -0.2) is 71.0 Å². The maximum atomic E-state index is 13.7. The largest absolute Gasteiger partial charge is 0.493 e. The van der Waals surface area contributed by atoms with Gasteiger partial charge in [0, 0.05) is 48.6 Å². The number of aromatic nitrogens is 2. The first-order valence-corrected chi connectivity index (χ1v) is 19.7. The first-order chi connectivity index (χ1) is 24.6. The number of hydrogen-bond acceptors (Lipinski definition) is 6. The molecule has 0 saturated heterocycles. The Bertz CT molecular complexity index is 1970. The third-order valence-electron chi connectivity index (χ3n) is 10.2. The topological polar surface area (TPSA) is 122 Å². The van der Waals surface area contributed by atoms with E-state index in [1.807, 2.05) is 64.4 Å². The molecule has 0 radical (unpaired) electrons. The van der Waals surface area contributed by atoms with Crippen LogP contribution in [0.5, 0.6) is 5.75 Å². The monoisotopic (exact) mass is 712 g/mol. The Morgan fingerprint density at radius 3 is 2.59 bits per heavy atom. The molecule has 1 aromatic heterocycles. The minimum absolute atomic E-state index is 0.0400. The van der Waals surface area contributed by atoms with Crippen LogP contribution in [0.15, 0.2) is 73.1 Å². The number of amides is 2. The van der Waals surface area contributed by atoms with Crippen molar-refractivity contribution in [3.8, 4) is 16.9 Å². The van der Waals surface area contributed by atoms with Crippen LogP contribution in [0.4, 0.5) is 5.69 Å². The number of benzene rings is 3. The molecule has 0 unspecified atom stereocenters. The van der Waals surface area contributed by atoms with E-state index >= 15 is 0 Å². The van der Waals surface area contributed by atoms with E-state index in [4.69, 9.17) is 4.74 Å². The van der Waals surface area contributed by atoms with Gasteiger partial charge in [-0.05, 0) is 98.0 Å². The molecule has 6 rings (SSSR count). The fourth-order valence-corrected chi connectivity index (χ4v) is 7.80. The molecule has 1 aliphatic carbocycles. The fraction of sp³-hybridized carbons (Fsp3) is 0.425. The summed E-state index contributed by atoms with van der Waals surface area (Å²) in [5, 5.41) is 4.65. The Labute approximate surface area is 301 Å². The lowest BCUT2D eigenvalue weighted by molar-refractivity contribution is -0.118. The molecule has 1 fully saturated rings. The summed E-state index contributed by atoms with van der Waals surface area (Å²) >= 11 is 0. The zero-order chi connectivity index (χ0) is 36.0. The zero-order valence-corrected chi connectivity index (χ0v) is 30.4. The molecule has 2 amide bonds. The Hall–Kier alpha value is -4.48. The molecule has 270 valence electrons. The van der Waals surface area contributed by atoms with Crippen molar-refractivity contribution in [2.75, 3.05) is 30.3 Å². The highest BCUT2D eigenvalue weighted by Gasteiger charge is 2.28. The van der Waals surface area contributed by atoms with Crippen molar-refractivity contribution >= 4 is 27.6 Å². The molecule has 2 aliphatic rings. The van der Waals surface area contributed by atoms with Gasteiger partial charge in [0.25, 0.3) is 16.0 Å². The second-order valence-electron chi connectivity index (χ2n) is 13.8. The number of carbonyl (C=O) groups is 2. The van der Waals surface area contributed by atoms with Crippen molar-refractivity contribution in [1.82, 2.24) is 14.7 Å². The van der Waals surface area contributed by atoms with Crippen molar-refractivity contribution in [3.63, 3.8) is 0 Å². The number of aryl methyl sites for hydroxylation is 1. The lowest BCUT2D eigenvalue weighted by Gasteiger charge is -2.34. The summed E-state index contributed by atoms with van der Waals surface area (Å²) in [6, 6.07) is 19.5. The number of hydrogen-bond donors (Lipinski definition) is 1. The molecule has 11 heteroatoms. The summed E-state index contributed by atoms with van der Waals surface area (Å²) in [4.78, 5) is 30.7. The van der Waals surface area contributed by atoms with Crippen LogP contribution in [0.2, 0.25) is 0 Å². The van der Waals surface area contributed by atoms with Crippen molar-refractivity contribution in [1.29, 1.82) is 0 Å². The lowest BCUT2D eigenvalue weighted by atomic mass is 9.93. The van der Waals surface area contributed by atoms with Gasteiger partial charge in [-0.1, -0.05) is 55.7 Å². The van der Waals surface area contributed by atoms with Gasteiger partial charge in [0.15, 0.2) is 0 Å². The molecular formula is C40H48N4O6S. The number of anilines is 1. The highest BCUT2D eigenvalue weighted by Crippen LogP contribution is 2.36. The van der Waals surface area contributed by atoms with Crippen molar-refractivity contribution < 1.29 is 27.3 Å². The van der Waals surface area contributed by atoms with Gasteiger partial charge in [-0.15, -0.1) is 0 Å². The van der Waals surface area contributed by atoms with Gasteiger partial charge in [-0.25, -0.2) is 0 Å². The normalized spacial score (nSPS) is 15.0. The first kappa shape index (κ1) is 36.3. The number of rotatable bonds is 13. The molecule has 0 spiro atoms. The van der Waals surface area contributed by atoms with Gasteiger partial charge in [0.2, 0.25) is 5.91 Å². The van der Waals surface area contributed by atoms with E-state index < -0.39 is 15.9 Å². The van der Waals surface area contributed by atoms with Crippen molar-refractivity contribution in [2.45, 2.75) is 84.2 Å². The summed E-state index contributed by atoms with van der Waals surface area (Å²) in [6.07, 6.45) is 11.4. The summed E-state index contributed by atoms with van der Waals surface area (Å²) in [5.74, 6) is 0.260. The standard InChI is InChI=1S/C40H48N4O6S/c1-29-11-6-19-38(30(29)2)50-23-10-20-39(45)44-21-9-17-36-35(16-8-18-37(36)44)33-26-41-42(28-33)27-31-12-7-13-32(25-31)40(46)43(22-24-51(47,48)49)34-14-4-3-5-15-34/h6-8,11-13,16,18-19,25-26,28,34H,3-5,9-10,14-15,17,20-24,27H2,1-2H3,(H,47,48,49). The molecule has 1 saturated carbocycles. The Morgan fingerprint density at radius 2 is 1.78 bits per heavy atom. The van der Waals surface area contributed by atoms with E-state index in [1.54, 1.807) is 11.0 Å². The van der Waals surface area contributed by atoms with E-state index in [1.165, 1.54) is 5.56 Å². The predicted octanol–water partition coefficient (Wildman–Crippen LogP) is 7.02. The van der Waals surface area contributed by atoms with E-state index in [-0.39, 0.29) is 24.4 Å². The first-order valence-electron chi connectivity index (χ1n) is 18.1. The maximum absolute atomic E-state index is 13.7. The molecular weight excluding hydrogens is 665 g/mol. The molecule has 1 N–H and O–H groups in total. The number of ether oxygens (including phenoxy) is 1. The quantitative estimate of drug-likeness (QED) is 0.117. The van der Waals surface area contributed by atoms with Gasteiger partial charge < -0.3 is 14.5 Å². The highest BCUT2D eigenvalue weighted by molar-refractivity contribution is 7.85. The van der Waals surface area contributed by atoms with Crippen LogP contribution in [0.1, 0.15) is 84.0 Å². The third kappa shape index (κ3) is 9.07. The van der Waals surface area contributed by atoms with Gasteiger partial charge in [0.05, 0.1) is 25.1 Å². The second-order valence-corrected chi connectivity index (χ2v) is 15.4. The number of carbonyl (C=O) groups excluding carboxylic acids is 2. The van der Waals surface area contributed by atoms with Crippen LogP contribution < -0.4 is 9.64 Å². The van der Waals surface area contributed by atoms with Crippen molar-refractivity contribution in [2.24, 2.45) is 0 Å². The van der Waals surface area contributed by atoms with Crippen molar-refractivity contribution in [3.05, 3.63) is 101 Å². The van der Waals surface area contributed by atoms with Gasteiger partial charge in [-0.2, -0.15) is 13.5 Å². The van der Waals surface area contributed by atoms with E-state index in [0.29, 0.717) is 38.1 Å². The van der Waals surface area contributed by atoms with Crippen LogP contribution in [0.25, 0.3) is 11.1 Å². The molecule has 1 aliphatic heterocycles. The van der Waals surface area contributed by atoms with Crippen LogP contribution in [0, 0.1) is 13.8 Å². The van der Waals surface area contributed by atoms with Gasteiger partial charge >= 0.3 is 0 Å². The van der Waals surface area contributed by atoms with Crippen LogP contribution in [0.3, 0.4) is 0 Å². The average molecular weight is 713 g/mol. The molecule has 2 heterocycles. The highest BCUT2D eigenvalue weighted by atomic mass is 32.2. The van der Waals surface area contributed by atoms with E-state index in [9.17, 15) is 22.6 Å². The molecule has 0 atom stereocenters. The summed E-state index contributed by atoms with van der Waals surface area (Å²) in [6.45, 7) is 5.69. The number of fused-ring (bicyclic) bond motifs is 1. The van der Waals surface area contributed by atoms with Gasteiger partial charge in [0.1, 0.15) is 5.75 Å². The number of nitrogens with zero attached hydrogens (tertiary/aromatic N) is 4. The minimum Gasteiger partial charge on any atom is -0.493 e. The molecule has 3 aromatic carbocycles. The summed E-state index contributed by atoms with van der Waals surface area (Å²) in [7, 11) is -4.20. The molecule has 10 nitrogen and oxygen atoms in total. The average Bonchev–Trinajstić information content (AvgIpc) is 3.59. The minimum atomic E-state index is -4.20. The Morgan fingerprint density at radius 1 is 1.00 bits per heavy atom. The van der Waals surface area contributed by atoms with Gasteiger partial charge in [-0.3, -0.25) is 18.8 Å². The van der Waals surface area contributed by atoms with E-state index in [0.717, 1.165) is 84.2 Å². The molecule has 4 aromatic rings. The van der Waals surface area contributed by atoms with Crippen LogP contribution >= 0.6 is 0 Å². The SMILES string of the molecule is Cc1cccc(OCCCC(=O)N2CCCc3c(-c4cnn(Cc5cccc(C(=O)N(CCS(=O)(=O)O)C6CCCCC6)c5)c4)cccc32)c1C. The third-order valence-corrected chi connectivity index (χ3v) is 10.9. The predicted molar refractivity (Wildman–Crippen MR) is 199 cm³/mol. The smallest absolute Gasteiger partial charge is 0.266 e.